The highest BCUT2D eigenvalue weighted by Crippen LogP contribution is 2.44. The maximum atomic E-state index is 12.5. The van der Waals surface area contributed by atoms with Crippen LogP contribution in [0.4, 0.5) is 0 Å². The molecule has 1 aliphatic carbocycles. The fraction of sp³-hybridized carbons (Fsp3) is 0.350. The van der Waals surface area contributed by atoms with Crippen LogP contribution >= 0.6 is 0 Å². The van der Waals surface area contributed by atoms with Crippen molar-refractivity contribution in [3.63, 3.8) is 0 Å². The standard InChI is InChI=1S/C20H21NO4/c1-12-13(2)21-17(14-8-6-5-7-9-14)16-11-20(10-15(12)16,18(22)24-3)19(23)25-4/h5-9H,10-11H2,1-4H3. The third-order valence-corrected chi connectivity index (χ3v) is 5.08. The molecular formula is C20H21NO4. The number of pyridine rings is 1. The van der Waals surface area contributed by atoms with Crippen LogP contribution in [0.5, 0.6) is 0 Å². The van der Waals surface area contributed by atoms with E-state index in [2.05, 4.69) is 0 Å². The smallest absolute Gasteiger partial charge is 0.323 e. The number of carbonyl (C=O) groups is 2. The van der Waals surface area contributed by atoms with Crippen molar-refractivity contribution in [3.05, 3.63) is 52.7 Å². The van der Waals surface area contributed by atoms with E-state index in [4.69, 9.17) is 14.5 Å². The summed E-state index contributed by atoms with van der Waals surface area (Å²) in [6.07, 6.45) is 0.511. The van der Waals surface area contributed by atoms with Gasteiger partial charge in [0.25, 0.3) is 0 Å². The maximum Gasteiger partial charge on any atom is 0.323 e. The third-order valence-electron chi connectivity index (χ3n) is 5.08. The summed E-state index contributed by atoms with van der Waals surface area (Å²) < 4.78 is 9.89. The minimum Gasteiger partial charge on any atom is -0.468 e. The van der Waals surface area contributed by atoms with E-state index in [1.54, 1.807) is 0 Å². The molecule has 130 valence electrons. The molecule has 0 radical (unpaired) electrons. The van der Waals surface area contributed by atoms with Gasteiger partial charge in [-0.25, -0.2) is 0 Å². The number of aryl methyl sites for hydroxylation is 1. The van der Waals surface area contributed by atoms with Crippen molar-refractivity contribution < 1.29 is 19.1 Å². The number of benzene rings is 1. The van der Waals surface area contributed by atoms with Gasteiger partial charge >= 0.3 is 11.9 Å². The lowest BCUT2D eigenvalue weighted by Crippen LogP contribution is -2.42. The van der Waals surface area contributed by atoms with Gasteiger partial charge < -0.3 is 9.47 Å². The molecular weight excluding hydrogens is 318 g/mol. The molecule has 0 fully saturated rings. The van der Waals surface area contributed by atoms with Crippen LogP contribution < -0.4 is 0 Å². The van der Waals surface area contributed by atoms with Crippen molar-refractivity contribution in [3.8, 4) is 11.3 Å². The molecule has 2 aromatic rings. The molecule has 0 N–H and O–H groups in total. The number of fused-ring (bicyclic) bond motifs is 1. The molecule has 5 nitrogen and oxygen atoms in total. The molecule has 1 aromatic carbocycles. The summed E-state index contributed by atoms with van der Waals surface area (Å²) >= 11 is 0. The van der Waals surface area contributed by atoms with Crippen LogP contribution in [0, 0.1) is 19.3 Å². The van der Waals surface area contributed by atoms with E-state index in [-0.39, 0.29) is 12.8 Å². The van der Waals surface area contributed by atoms with Crippen LogP contribution in [0.15, 0.2) is 30.3 Å². The van der Waals surface area contributed by atoms with E-state index in [1.165, 1.54) is 14.2 Å². The van der Waals surface area contributed by atoms with Gasteiger partial charge in [0.2, 0.25) is 0 Å². The minimum atomic E-state index is -1.34. The summed E-state index contributed by atoms with van der Waals surface area (Å²) in [6, 6.07) is 9.79. The molecule has 1 aromatic heterocycles. The molecule has 0 aliphatic heterocycles. The number of carbonyl (C=O) groups excluding carboxylic acids is 2. The van der Waals surface area contributed by atoms with Crippen LogP contribution in [-0.4, -0.2) is 31.1 Å². The first kappa shape index (κ1) is 17.1. The average Bonchev–Trinajstić information content (AvgIpc) is 3.06. The number of hydrogen-bond acceptors (Lipinski definition) is 5. The van der Waals surface area contributed by atoms with Crippen molar-refractivity contribution >= 4 is 11.9 Å². The molecule has 0 atom stereocenters. The molecule has 1 aliphatic rings. The van der Waals surface area contributed by atoms with Crippen LogP contribution in [0.1, 0.15) is 22.4 Å². The number of esters is 2. The fourth-order valence-corrected chi connectivity index (χ4v) is 3.60. The van der Waals surface area contributed by atoms with Gasteiger partial charge in [-0.2, -0.15) is 0 Å². The Balaban J connectivity index is 2.22. The van der Waals surface area contributed by atoms with Crippen LogP contribution in [-0.2, 0) is 31.9 Å². The van der Waals surface area contributed by atoms with Gasteiger partial charge in [0, 0.05) is 24.1 Å². The largest absolute Gasteiger partial charge is 0.468 e. The first-order valence-electron chi connectivity index (χ1n) is 8.16. The predicted molar refractivity (Wildman–Crippen MR) is 93.0 cm³/mol. The lowest BCUT2D eigenvalue weighted by atomic mass is 9.84. The first-order chi connectivity index (χ1) is 11.9. The summed E-state index contributed by atoms with van der Waals surface area (Å²) in [5.41, 5.74) is 4.25. The monoisotopic (exact) mass is 339 g/mol. The van der Waals surface area contributed by atoms with Crippen LogP contribution in [0.3, 0.4) is 0 Å². The number of hydrogen-bond donors (Lipinski definition) is 0. The molecule has 0 bridgehead atoms. The Bertz CT molecular complexity index is 827. The highest BCUT2D eigenvalue weighted by molar-refractivity contribution is 6.02. The van der Waals surface area contributed by atoms with Crippen molar-refractivity contribution in [2.24, 2.45) is 5.41 Å². The number of nitrogens with zero attached hydrogens (tertiary/aromatic N) is 1. The highest BCUT2D eigenvalue weighted by atomic mass is 16.5. The first-order valence-corrected chi connectivity index (χ1v) is 8.16. The van der Waals surface area contributed by atoms with Crippen molar-refractivity contribution in [1.29, 1.82) is 0 Å². The molecule has 5 heteroatoms. The van der Waals surface area contributed by atoms with E-state index in [0.29, 0.717) is 0 Å². The van der Waals surface area contributed by atoms with Gasteiger partial charge in [-0.1, -0.05) is 30.3 Å². The Morgan fingerprint density at radius 1 is 0.960 bits per heavy atom. The van der Waals surface area contributed by atoms with Crippen LogP contribution in [0.25, 0.3) is 11.3 Å². The molecule has 25 heavy (non-hydrogen) atoms. The van der Waals surface area contributed by atoms with Gasteiger partial charge in [0.05, 0.1) is 19.9 Å². The molecule has 3 rings (SSSR count). The second-order valence-corrected chi connectivity index (χ2v) is 6.41. The molecule has 0 saturated carbocycles. The van der Waals surface area contributed by atoms with E-state index >= 15 is 0 Å². The van der Waals surface area contributed by atoms with Crippen molar-refractivity contribution in [1.82, 2.24) is 4.98 Å². The second-order valence-electron chi connectivity index (χ2n) is 6.41. The third kappa shape index (κ3) is 2.60. The predicted octanol–water partition coefficient (Wildman–Crippen LogP) is 2.80. The topological polar surface area (TPSA) is 65.5 Å². The Kier molecular flexibility index (Phi) is 4.33. The van der Waals surface area contributed by atoms with E-state index in [9.17, 15) is 9.59 Å². The van der Waals surface area contributed by atoms with Gasteiger partial charge in [-0.3, -0.25) is 14.6 Å². The Morgan fingerprint density at radius 2 is 1.52 bits per heavy atom. The Morgan fingerprint density at radius 3 is 2.08 bits per heavy atom. The summed E-state index contributed by atoms with van der Waals surface area (Å²) in [5, 5.41) is 0. The number of rotatable bonds is 3. The van der Waals surface area contributed by atoms with Gasteiger partial charge in [-0.15, -0.1) is 0 Å². The average molecular weight is 339 g/mol. The maximum absolute atomic E-state index is 12.5. The summed E-state index contributed by atoms with van der Waals surface area (Å²) in [5.74, 6) is -1.13. The van der Waals surface area contributed by atoms with Crippen molar-refractivity contribution in [2.75, 3.05) is 14.2 Å². The van der Waals surface area contributed by atoms with Gasteiger partial charge in [0.15, 0.2) is 5.41 Å². The quantitative estimate of drug-likeness (QED) is 0.635. The lowest BCUT2D eigenvalue weighted by molar-refractivity contribution is -0.168. The number of aromatic nitrogens is 1. The molecule has 0 spiro atoms. The normalized spacial score (nSPS) is 14.7. The zero-order valence-corrected chi connectivity index (χ0v) is 14.9. The SMILES string of the molecule is COC(=O)C1(C(=O)OC)Cc2c(-c3ccccc3)nc(C)c(C)c2C1. The summed E-state index contributed by atoms with van der Waals surface area (Å²) in [6.45, 7) is 3.92. The van der Waals surface area contributed by atoms with E-state index in [0.717, 1.165) is 33.6 Å². The van der Waals surface area contributed by atoms with Crippen molar-refractivity contribution in [2.45, 2.75) is 26.7 Å². The summed E-state index contributed by atoms with van der Waals surface area (Å²) in [7, 11) is 2.59. The summed E-state index contributed by atoms with van der Waals surface area (Å²) in [4.78, 5) is 29.8. The fourth-order valence-electron chi connectivity index (χ4n) is 3.60. The lowest BCUT2D eigenvalue weighted by Gasteiger charge is -2.22. The Labute approximate surface area is 147 Å². The zero-order valence-electron chi connectivity index (χ0n) is 14.9. The molecule has 0 saturated heterocycles. The van der Waals surface area contributed by atoms with Crippen LogP contribution in [0.2, 0.25) is 0 Å². The molecule has 1 heterocycles. The number of methoxy groups -OCH3 is 2. The van der Waals surface area contributed by atoms with E-state index < -0.39 is 17.4 Å². The minimum absolute atomic E-state index is 0.236. The second kappa shape index (κ2) is 6.31. The highest BCUT2D eigenvalue weighted by Gasteiger charge is 2.53. The molecule has 0 unspecified atom stereocenters. The van der Waals surface area contributed by atoms with E-state index in [1.807, 2.05) is 44.2 Å². The number of ether oxygens (including phenoxy) is 2. The Hall–Kier alpha value is -2.69. The zero-order chi connectivity index (χ0) is 18.2. The van der Waals surface area contributed by atoms with Gasteiger partial charge in [-0.05, 0) is 30.5 Å². The van der Waals surface area contributed by atoms with Gasteiger partial charge in [0.1, 0.15) is 0 Å². The molecule has 0 amide bonds.